The van der Waals surface area contributed by atoms with E-state index in [9.17, 15) is 4.79 Å². The first-order valence-corrected chi connectivity index (χ1v) is 8.33. The van der Waals surface area contributed by atoms with E-state index in [0.29, 0.717) is 5.16 Å². The first-order valence-electron chi connectivity index (χ1n) is 7.34. The smallest absolute Gasteiger partial charge is 0.237 e. The highest BCUT2D eigenvalue weighted by atomic mass is 32.2. The lowest BCUT2D eigenvalue weighted by molar-refractivity contribution is -0.116. The lowest BCUT2D eigenvalue weighted by atomic mass is 9.97. The maximum Gasteiger partial charge on any atom is 0.237 e. The van der Waals surface area contributed by atoms with E-state index in [1.165, 1.54) is 17.3 Å². The molecule has 120 valence electrons. The minimum atomic E-state index is 0.0206. The molecular weight excluding hydrogens is 312 g/mol. The molecule has 1 aliphatic rings. The molecule has 0 saturated carbocycles. The lowest BCUT2D eigenvalue weighted by Gasteiger charge is -2.35. The predicted molar refractivity (Wildman–Crippen MR) is 91.1 cm³/mol. The highest BCUT2D eigenvalue weighted by molar-refractivity contribution is 7.99. The van der Waals surface area contributed by atoms with Crippen molar-refractivity contribution in [3.05, 3.63) is 29.8 Å². The van der Waals surface area contributed by atoms with Gasteiger partial charge in [-0.05, 0) is 31.4 Å². The van der Waals surface area contributed by atoms with Crippen molar-refractivity contribution in [2.75, 3.05) is 22.1 Å². The number of para-hydroxylation sites is 1. The number of amides is 1. The Balaban J connectivity index is 1.75. The van der Waals surface area contributed by atoms with Crippen molar-refractivity contribution in [3.8, 4) is 0 Å². The number of anilines is 3. The zero-order valence-corrected chi connectivity index (χ0v) is 13.6. The molecule has 1 aromatic heterocycles. The van der Waals surface area contributed by atoms with Crippen LogP contribution in [0.4, 0.5) is 17.6 Å². The Labute approximate surface area is 138 Å². The van der Waals surface area contributed by atoms with Crippen molar-refractivity contribution in [1.82, 2.24) is 15.0 Å². The van der Waals surface area contributed by atoms with Crippen molar-refractivity contribution in [1.29, 1.82) is 0 Å². The second kappa shape index (κ2) is 6.41. The molecule has 0 aliphatic carbocycles. The van der Waals surface area contributed by atoms with Gasteiger partial charge in [-0.2, -0.15) is 15.0 Å². The van der Waals surface area contributed by atoms with Crippen LogP contribution < -0.4 is 16.4 Å². The Morgan fingerprint density at radius 3 is 2.70 bits per heavy atom. The molecule has 0 unspecified atom stereocenters. The largest absolute Gasteiger partial charge is 0.368 e. The van der Waals surface area contributed by atoms with Crippen molar-refractivity contribution in [2.24, 2.45) is 0 Å². The quantitative estimate of drug-likeness (QED) is 0.820. The average Bonchev–Trinajstić information content (AvgIpc) is 2.51. The Bertz CT molecular complexity index is 717. The van der Waals surface area contributed by atoms with E-state index in [1.807, 2.05) is 23.1 Å². The number of aryl methyl sites for hydroxylation is 1. The monoisotopic (exact) mass is 330 g/mol. The van der Waals surface area contributed by atoms with Crippen LogP contribution in [0.15, 0.2) is 29.4 Å². The number of fused-ring (bicyclic) bond motifs is 1. The standard InChI is InChI=1S/C15H18N6OS/c1-9-6-7-10-4-2-3-5-11(10)21(9)12(22)8-23-15-19-13(16)18-14(17)20-15/h2-5,9H,6-8H2,1H3,(H4,16,17,18,19,20)/t9-/m0/s1. The van der Waals surface area contributed by atoms with Crippen LogP contribution in [0, 0.1) is 0 Å². The van der Waals surface area contributed by atoms with Crippen LogP contribution in [0.2, 0.25) is 0 Å². The molecule has 1 atom stereocenters. The van der Waals surface area contributed by atoms with Gasteiger partial charge in [0.1, 0.15) is 0 Å². The summed E-state index contributed by atoms with van der Waals surface area (Å²) in [5.74, 6) is 0.363. The van der Waals surface area contributed by atoms with E-state index in [-0.39, 0.29) is 29.6 Å². The predicted octanol–water partition coefficient (Wildman–Crippen LogP) is 1.50. The van der Waals surface area contributed by atoms with Crippen molar-refractivity contribution in [2.45, 2.75) is 31.0 Å². The molecule has 0 fully saturated rings. The van der Waals surface area contributed by atoms with Crippen LogP contribution >= 0.6 is 11.8 Å². The fraction of sp³-hybridized carbons (Fsp3) is 0.333. The number of nitrogens with zero attached hydrogens (tertiary/aromatic N) is 4. The normalized spacial score (nSPS) is 16.9. The van der Waals surface area contributed by atoms with E-state index in [2.05, 4.69) is 27.9 Å². The Morgan fingerprint density at radius 1 is 1.26 bits per heavy atom. The van der Waals surface area contributed by atoms with Crippen LogP contribution in [-0.2, 0) is 11.2 Å². The molecule has 2 aromatic rings. The molecule has 1 aromatic carbocycles. The van der Waals surface area contributed by atoms with Crippen molar-refractivity contribution in [3.63, 3.8) is 0 Å². The summed E-state index contributed by atoms with van der Waals surface area (Å²) in [7, 11) is 0. The number of nitrogen functional groups attached to an aromatic ring is 2. The number of nitrogens with two attached hydrogens (primary N) is 2. The second-order valence-corrected chi connectivity index (χ2v) is 6.35. The minimum Gasteiger partial charge on any atom is -0.368 e. The summed E-state index contributed by atoms with van der Waals surface area (Å²) in [6.45, 7) is 2.07. The summed E-state index contributed by atoms with van der Waals surface area (Å²) in [5.41, 5.74) is 13.3. The van der Waals surface area contributed by atoms with E-state index in [0.717, 1.165) is 18.5 Å². The van der Waals surface area contributed by atoms with Gasteiger partial charge in [0.05, 0.1) is 5.75 Å². The summed E-state index contributed by atoms with van der Waals surface area (Å²) >= 11 is 1.21. The van der Waals surface area contributed by atoms with Gasteiger partial charge in [0, 0.05) is 11.7 Å². The Hall–Kier alpha value is -2.35. The molecule has 4 N–H and O–H groups in total. The average molecular weight is 330 g/mol. The number of benzene rings is 1. The summed E-state index contributed by atoms with van der Waals surface area (Å²) in [6.07, 6.45) is 1.95. The zero-order valence-electron chi connectivity index (χ0n) is 12.8. The maximum absolute atomic E-state index is 12.7. The Kier molecular flexibility index (Phi) is 4.33. The fourth-order valence-corrected chi connectivity index (χ4v) is 3.42. The van der Waals surface area contributed by atoms with Crippen molar-refractivity contribution >= 4 is 35.3 Å². The molecule has 1 aliphatic heterocycles. The van der Waals surface area contributed by atoms with E-state index in [1.54, 1.807) is 0 Å². The summed E-state index contributed by atoms with van der Waals surface area (Å²) in [6, 6.07) is 8.20. The summed E-state index contributed by atoms with van der Waals surface area (Å²) in [5, 5.41) is 0.362. The third kappa shape index (κ3) is 3.37. The highest BCUT2D eigenvalue weighted by Gasteiger charge is 2.27. The molecule has 0 radical (unpaired) electrons. The maximum atomic E-state index is 12.7. The first-order chi connectivity index (χ1) is 11.0. The number of thioether (sulfide) groups is 1. The van der Waals surface area contributed by atoms with Crippen LogP contribution in [0.5, 0.6) is 0 Å². The topological polar surface area (TPSA) is 111 Å². The summed E-state index contributed by atoms with van der Waals surface area (Å²) in [4.78, 5) is 26.2. The van der Waals surface area contributed by atoms with Gasteiger partial charge in [-0.25, -0.2) is 0 Å². The number of aromatic nitrogens is 3. The van der Waals surface area contributed by atoms with Crippen LogP contribution in [0.3, 0.4) is 0 Å². The van der Waals surface area contributed by atoms with Gasteiger partial charge >= 0.3 is 0 Å². The van der Waals surface area contributed by atoms with Crippen LogP contribution in [0.1, 0.15) is 18.9 Å². The van der Waals surface area contributed by atoms with E-state index < -0.39 is 0 Å². The number of rotatable bonds is 3. The number of hydrogen-bond acceptors (Lipinski definition) is 7. The second-order valence-electron chi connectivity index (χ2n) is 5.40. The molecule has 2 heterocycles. The van der Waals surface area contributed by atoms with Gasteiger partial charge in [-0.1, -0.05) is 30.0 Å². The van der Waals surface area contributed by atoms with E-state index >= 15 is 0 Å². The van der Waals surface area contributed by atoms with Gasteiger partial charge in [-0.15, -0.1) is 0 Å². The van der Waals surface area contributed by atoms with Crippen LogP contribution in [0.25, 0.3) is 0 Å². The number of carbonyl (C=O) groups excluding carboxylic acids is 1. The van der Waals surface area contributed by atoms with Crippen molar-refractivity contribution < 1.29 is 4.79 Å². The first kappa shape index (κ1) is 15.5. The number of carbonyl (C=O) groups is 1. The van der Waals surface area contributed by atoms with Gasteiger partial charge in [0.15, 0.2) is 5.16 Å². The molecular formula is C15H18N6OS. The van der Waals surface area contributed by atoms with E-state index in [4.69, 9.17) is 11.5 Å². The molecule has 1 amide bonds. The van der Waals surface area contributed by atoms with Gasteiger partial charge in [-0.3, -0.25) is 4.79 Å². The third-order valence-electron chi connectivity index (χ3n) is 3.77. The third-order valence-corrected chi connectivity index (χ3v) is 4.60. The molecule has 0 bridgehead atoms. The zero-order chi connectivity index (χ0) is 16.4. The fourth-order valence-electron chi connectivity index (χ4n) is 2.72. The summed E-state index contributed by atoms with van der Waals surface area (Å²) < 4.78 is 0. The minimum absolute atomic E-state index is 0.0206. The van der Waals surface area contributed by atoms with Crippen LogP contribution in [-0.4, -0.2) is 32.7 Å². The van der Waals surface area contributed by atoms with Gasteiger partial charge < -0.3 is 16.4 Å². The molecule has 0 spiro atoms. The molecule has 7 nitrogen and oxygen atoms in total. The molecule has 0 saturated heterocycles. The SMILES string of the molecule is C[C@H]1CCc2ccccc2N1C(=O)CSc1nc(N)nc(N)n1. The lowest BCUT2D eigenvalue weighted by Crippen LogP contribution is -2.43. The van der Waals surface area contributed by atoms with Gasteiger partial charge in [0.25, 0.3) is 0 Å². The Morgan fingerprint density at radius 2 is 1.96 bits per heavy atom. The molecule has 8 heteroatoms. The highest BCUT2D eigenvalue weighted by Crippen LogP contribution is 2.31. The molecule has 23 heavy (non-hydrogen) atoms. The van der Waals surface area contributed by atoms with Gasteiger partial charge in [0.2, 0.25) is 17.8 Å². The number of hydrogen-bond donors (Lipinski definition) is 2. The molecule has 3 rings (SSSR count).